The molecule has 0 aliphatic heterocycles. The monoisotopic (exact) mass is 221 g/mol. The average Bonchev–Trinajstić information content (AvgIpc) is 2.16. The first-order chi connectivity index (χ1) is 7.51. The minimum atomic E-state index is 0.0580. The van der Waals surface area contributed by atoms with Gasteiger partial charge in [0.05, 0.1) is 5.69 Å². The van der Waals surface area contributed by atoms with Crippen molar-refractivity contribution in [2.24, 2.45) is 0 Å². The molecule has 1 aromatic rings. The molecule has 0 unspecified atom stereocenters. The Kier molecular flexibility index (Phi) is 4.74. The Bertz CT molecular complexity index is 315. The summed E-state index contributed by atoms with van der Waals surface area (Å²) in [6.45, 7) is 10.5. The number of nitrogens with one attached hydrogen (secondary N) is 2. The lowest BCUT2D eigenvalue weighted by Gasteiger charge is -2.21. The van der Waals surface area contributed by atoms with Crippen molar-refractivity contribution in [3.8, 4) is 0 Å². The second kappa shape index (κ2) is 5.85. The van der Waals surface area contributed by atoms with Gasteiger partial charge >= 0.3 is 0 Å². The van der Waals surface area contributed by atoms with Gasteiger partial charge in [0, 0.05) is 12.1 Å². The van der Waals surface area contributed by atoms with E-state index in [1.807, 2.05) is 12.1 Å². The molecule has 1 heterocycles. The number of pyridine rings is 1. The molecule has 0 spiro atoms. The van der Waals surface area contributed by atoms with Crippen molar-refractivity contribution in [2.75, 3.05) is 11.9 Å². The second-order valence-electron chi connectivity index (χ2n) is 5.07. The van der Waals surface area contributed by atoms with E-state index >= 15 is 0 Å². The predicted octanol–water partition coefficient (Wildman–Crippen LogP) is 2.79. The lowest BCUT2D eigenvalue weighted by molar-refractivity contribution is 0.626. The zero-order chi connectivity index (χ0) is 12.0. The van der Waals surface area contributed by atoms with E-state index in [0.717, 1.165) is 31.0 Å². The van der Waals surface area contributed by atoms with E-state index in [4.69, 9.17) is 0 Å². The Labute approximate surface area is 98.7 Å². The van der Waals surface area contributed by atoms with Crippen LogP contribution in [0, 0.1) is 0 Å². The molecule has 90 valence electrons. The Balaban J connectivity index is 2.57. The van der Waals surface area contributed by atoms with E-state index in [1.54, 1.807) is 0 Å². The highest BCUT2D eigenvalue weighted by molar-refractivity contribution is 5.37. The summed E-state index contributed by atoms with van der Waals surface area (Å²) in [5.41, 5.74) is 1.14. The van der Waals surface area contributed by atoms with Gasteiger partial charge in [-0.05, 0) is 45.9 Å². The van der Waals surface area contributed by atoms with Crippen LogP contribution in [0.2, 0.25) is 0 Å². The molecule has 0 aromatic carbocycles. The molecule has 0 bridgehead atoms. The quantitative estimate of drug-likeness (QED) is 0.751. The summed E-state index contributed by atoms with van der Waals surface area (Å²) in [5.74, 6) is 0.947. The third kappa shape index (κ3) is 5.12. The van der Waals surface area contributed by atoms with Crippen LogP contribution in [0.15, 0.2) is 18.2 Å². The average molecular weight is 221 g/mol. The molecule has 0 fully saturated rings. The maximum atomic E-state index is 4.56. The van der Waals surface area contributed by atoms with Crippen LogP contribution >= 0.6 is 0 Å². The lowest BCUT2D eigenvalue weighted by Crippen LogP contribution is -2.27. The molecule has 1 aromatic heterocycles. The number of aromatic nitrogens is 1. The minimum Gasteiger partial charge on any atom is -0.365 e. The molecule has 16 heavy (non-hydrogen) atoms. The highest BCUT2D eigenvalue weighted by Gasteiger charge is 2.09. The number of hydrogen-bond acceptors (Lipinski definition) is 3. The van der Waals surface area contributed by atoms with Gasteiger partial charge in [0.15, 0.2) is 0 Å². The van der Waals surface area contributed by atoms with Crippen molar-refractivity contribution in [1.82, 2.24) is 10.3 Å². The van der Waals surface area contributed by atoms with Crippen LogP contribution in [-0.2, 0) is 6.54 Å². The molecule has 3 heteroatoms. The Morgan fingerprint density at radius 3 is 2.62 bits per heavy atom. The zero-order valence-electron chi connectivity index (χ0n) is 10.8. The fourth-order valence-corrected chi connectivity index (χ4v) is 1.43. The number of nitrogens with zero attached hydrogens (tertiary/aromatic N) is 1. The third-order valence-corrected chi connectivity index (χ3v) is 2.04. The van der Waals surface area contributed by atoms with Crippen LogP contribution in [0.1, 0.15) is 39.8 Å². The van der Waals surface area contributed by atoms with Crippen molar-refractivity contribution in [3.63, 3.8) is 0 Å². The van der Waals surface area contributed by atoms with Gasteiger partial charge in [-0.25, -0.2) is 4.98 Å². The van der Waals surface area contributed by atoms with Gasteiger partial charge in [-0.3, -0.25) is 0 Å². The van der Waals surface area contributed by atoms with Crippen LogP contribution in [-0.4, -0.2) is 17.1 Å². The molecular formula is C13H23N3. The zero-order valence-corrected chi connectivity index (χ0v) is 10.8. The van der Waals surface area contributed by atoms with E-state index in [-0.39, 0.29) is 5.54 Å². The van der Waals surface area contributed by atoms with E-state index in [2.05, 4.69) is 49.4 Å². The largest absolute Gasteiger partial charge is 0.365 e. The van der Waals surface area contributed by atoms with Gasteiger partial charge in [0.1, 0.15) is 5.82 Å². The summed E-state index contributed by atoms with van der Waals surface area (Å²) in [6, 6.07) is 6.11. The van der Waals surface area contributed by atoms with Crippen LogP contribution in [0.3, 0.4) is 0 Å². The molecule has 3 nitrogen and oxygen atoms in total. The van der Waals surface area contributed by atoms with E-state index < -0.39 is 0 Å². The van der Waals surface area contributed by atoms with Gasteiger partial charge in [0.25, 0.3) is 0 Å². The molecule has 0 atom stereocenters. The van der Waals surface area contributed by atoms with Crippen molar-refractivity contribution < 1.29 is 0 Å². The summed E-state index contributed by atoms with van der Waals surface area (Å²) in [6.07, 6.45) is 1.15. The molecule has 1 rings (SSSR count). The van der Waals surface area contributed by atoms with Crippen molar-refractivity contribution in [2.45, 2.75) is 46.2 Å². The smallest absolute Gasteiger partial charge is 0.126 e. The topological polar surface area (TPSA) is 37.0 Å². The molecule has 0 aliphatic carbocycles. The van der Waals surface area contributed by atoms with Crippen LogP contribution < -0.4 is 10.6 Å². The van der Waals surface area contributed by atoms with E-state index in [0.29, 0.717) is 0 Å². The Morgan fingerprint density at radius 2 is 2.00 bits per heavy atom. The Morgan fingerprint density at radius 1 is 1.25 bits per heavy atom. The highest BCUT2D eigenvalue weighted by atomic mass is 15.0. The third-order valence-electron chi connectivity index (χ3n) is 2.04. The van der Waals surface area contributed by atoms with E-state index in [1.165, 1.54) is 0 Å². The summed E-state index contributed by atoms with van der Waals surface area (Å²) >= 11 is 0. The molecule has 0 saturated carbocycles. The van der Waals surface area contributed by atoms with Gasteiger partial charge in [-0.1, -0.05) is 13.0 Å². The van der Waals surface area contributed by atoms with Gasteiger partial charge in [0.2, 0.25) is 0 Å². The Hall–Kier alpha value is -1.09. The van der Waals surface area contributed by atoms with Crippen molar-refractivity contribution in [1.29, 1.82) is 0 Å². The van der Waals surface area contributed by atoms with Gasteiger partial charge in [-0.15, -0.1) is 0 Å². The van der Waals surface area contributed by atoms with Gasteiger partial charge < -0.3 is 10.6 Å². The fourth-order valence-electron chi connectivity index (χ4n) is 1.43. The highest BCUT2D eigenvalue weighted by Crippen LogP contribution is 2.12. The van der Waals surface area contributed by atoms with Crippen LogP contribution in [0.5, 0.6) is 0 Å². The van der Waals surface area contributed by atoms with Crippen LogP contribution in [0.4, 0.5) is 5.82 Å². The number of hydrogen-bond donors (Lipinski definition) is 2. The first-order valence-electron chi connectivity index (χ1n) is 5.96. The summed E-state index contributed by atoms with van der Waals surface area (Å²) in [5, 5.41) is 6.72. The molecule has 0 radical (unpaired) electrons. The van der Waals surface area contributed by atoms with E-state index in [9.17, 15) is 0 Å². The molecule has 0 aliphatic rings. The van der Waals surface area contributed by atoms with Gasteiger partial charge in [-0.2, -0.15) is 0 Å². The van der Waals surface area contributed by atoms with Crippen molar-refractivity contribution >= 4 is 5.82 Å². The molecule has 0 amide bonds. The maximum absolute atomic E-state index is 4.56. The standard InChI is InChI=1S/C13H23N3/c1-5-9-14-10-11-7-6-8-12(15-11)16-13(2,3)4/h6-8,14H,5,9-10H2,1-4H3,(H,15,16). The summed E-state index contributed by atoms with van der Waals surface area (Å²) in [7, 11) is 0. The second-order valence-corrected chi connectivity index (χ2v) is 5.07. The predicted molar refractivity (Wildman–Crippen MR) is 69.6 cm³/mol. The molecule has 2 N–H and O–H groups in total. The normalized spacial score (nSPS) is 11.5. The first kappa shape index (κ1) is 13.0. The van der Waals surface area contributed by atoms with Crippen molar-refractivity contribution in [3.05, 3.63) is 23.9 Å². The fraction of sp³-hybridized carbons (Fsp3) is 0.615. The minimum absolute atomic E-state index is 0.0580. The number of rotatable bonds is 5. The first-order valence-corrected chi connectivity index (χ1v) is 5.96. The molecular weight excluding hydrogens is 198 g/mol. The maximum Gasteiger partial charge on any atom is 0.126 e. The van der Waals surface area contributed by atoms with Crippen LogP contribution in [0.25, 0.3) is 0 Å². The molecule has 0 saturated heterocycles. The summed E-state index contributed by atoms with van der Waals surface area (Å²) in [4.78, 5) is 4.56. The number of anilines is 1. The summed E-state index contributed by atoms with van der Waals surface area (Å²) < 4.78 is 0. The SMILES string of the molecule is CCCNCc1cccc(NC(C)(C)C)n1. The lowest BCUT2D eigenvalue weighted by atomic mass is 10.1.